The van der Waals surface area contributed by atoms with Crippen molar-refractivity contribution in [2.24, 2.45) is 5.92 Å². The van der Waals surface area contributed by atoms with Crippen molar-refractivity contribution in [2.45, 2.75) is 72.1 Å². The second kappa shape index (κ2) is 9.09. The molecule has 0 bridgehead atoms. The average Bonchev–Trinajstić information content (AvgIpc) is 2.06. The maximum absolute atomic E-state index is 2.31. The normalized spacial score (nSPS) is 11.0. The molecule has 0 aromatic carbocycles. The maximum atomic E-state index is 2.31. The molecule has 0 aliphatic rings. The molecule has 0 fully saturated rings. The van der Waals surface area contributed by atoms with Crippen molar-refractivity contribution in [1.29, 1.82) is 0 Å². The molecule has 12 heavy (non-hydrogen) atoms. The molecule has 0 aromatic heterocycles. The Labute approximate surface area is 78.8 Å². The Hall–Kier alpha value is 0. The largest absolute Gasteiger partial charge is 0.0654 e. The molecule has 0 heterocycles. The Morgan fingerprint density at radius 1 is 0.667 bits per heavy atom. The van der Waals surface area contributed by atoms with E-state index in [0.717, 1.165) is 5.92 Å². The van der Waals surface area contributed by atoms with E-state index in [0.29, 0.717) is 0 Å². The number of hydrogen-bond acceptors (Lipinski definition) is 0. The van der Waals surface area contributed by atoms with Crippen LogP contribution >= 0.6 is 0 Å². The van der Waals surface area contributed by atoms with Gasteiger partial charge in [-0.05, 0) is 5.92 Å². The van der Waals surface area contributed by atoms with Crippen LogP contribution in [-0.2, 0) is 0 Å². The van der Waals surface area contributed by atoms with Crippen LogP contribution in [0.15, 0.2) is 0 Å². The van der Waals surface area contributed by atoms with E-state index in [9.17, 15) is 0 Å². The molecule has 0 rings (SSSR count). The minimum Gasteiger partial charge on any atom is -0.0654 e. The second-order valence-corrected chi connectivity index (χ2v) is 3.94. The molecular weight excluding hydrogens is 144 g/mol. The molecule has 0 saturated carbocycles. The topological polar surface area (TPSA) is 0 Å². The van der Waals surface area contributed by atoms with E-state index < -0.39 is 0 Å². The van der Waals surface area contributed by atoms with Crippen molar-refractivity contribution in [2.75, 3.05) is 0 Å². The average molecular weight is 170 g/mol. The smallest absolute Gasteiger partial charge is 0.0414 e. The van der Waals surface area contributed by atoms with Gasteiger partial charge in [0.1, 0.15) is 0 Å². The van der Waals surface area contributed by atoms with Crippen LogP contribution in [0.1, 0.15) is 72.1 Å². The summed E-state index contributed by atoms with van der Waals surface area (Å²) in [7, 11) is 0. The number of unbranched alkanes of at least 4 members (excludes halogenated alkanes) is 2. The van der Waals surface area contributed by atoms with Crippen molar-refractivity contribution in [1.82, 2.24) is 0 Å². The van der Waals surface area contributed by atoms with Crippen molar-refractivity contribution in [3.05, 3.63) is 0 Å². The highest BCUT2D eigenvalue weighted by Gasteiger charge is 2.05. The quantitative estimate of drug-likeness (QED) is 0.460. The van der Waals surface area contributed by atoms with Gasteiger partial charge in [0, 0.05) is 0 Å². The summed E-state index contributed by atoms with van der Waals surface area (Å²) in [6, 6.07) is 0. The third-order valence-corrected chi connectivity index (χ3v) is 2.61. The molecular formula is C12H26. The highest BCUT2D eigenvalue weighted by Crippen LogP contribution is 2.20. The summed E-state index contributed by atoms with van der Waals surface area (Å²) < 4.78 is 0. The van der Waals surface area contributed by atoms with Gasteiger partial charge in [-0.3, -0.25) is 0 Å². The highest BCUT2D eigenvalue weighted by molar-refractivity contribution is 4.58. The van der Waals surface area contributed by atoms with E-state index in [1.807, 2.05) is 0 Å². The first-order valence-electron chi connectivity index (χ1n) is 5.85. The molecule has 0 heteroatoms. The molecule has 0 nitrogen and oxygen atoms in total. The van der Waals surface area contributed by atoms with Crippen LogP contribution in [0, 0.1) is 5.92 Å². The van der Waals surface area contributed by atoms with Crippen LogP contribution in [0.25, 0.3) is 0 Å². The van der Waals surface area contributed by atoms with Gasteiger partial charge < -0.3 is 0 Å². The fourth-order valence-electron chi connectivity index (χ4n) is 1.93. The first kappa shape index (κ1) is 12.0. The Morgan fingerprint density at radius 3 is 1.67 bits per heavy atom. The van der Waals surface area contributed by atoms with E-state index >= 15 is 0 Å². The van der Waals surface area contributed by atoms with Crippen molar-refractivity contribution >= 4 is 0 Å². The fraction of sp³-hybridized carbons (Fsp3) is 1.00. The van der Waals surface area contributed by atoms with Crippen LogP contribution in [-0.4, -0.2) is 0 Å². The lowest BCUT2D eigenvalue weighted by atomic mass is 9.92. The van der Waals surface area contributed by atoms with Crippen LogP contribution in [0.5, 0.6) is 0 Å². The second-order valence-electron chi connectivity index (χ2n) is 3.94. The van der Waals surface area contributed by atoms with Gasteiger partial charge in [0.05, 0.1) is 0 Å². The molecule has 0 radical (unpaired) electrons. The van der Waals surface area contributed by atoms with Crippen LogP contribution in [0.3, 0.4) is 0 Å². The number of rotatable bonds is 8. The predicted molar refractivity (Wildman–Crippen MR) is 57.4 cm³/mol. The summed E-state index contributed by atoms with van der Waals surface area (Å²) in [4.78, 5) is 0. The Bertz CT molecular complexity index is 70.1. The summed E-state index contributed by atoms with van der Waals surface area (Å²) in [5.41, 5.74) is 0. The first-order chi connectivity index (χ1) is 5.85. The zero-order chi connectivity index (χ0) is 9.23. The summed E-state index contributed by atoms with van der Waals surface area (Å²) in [5, 5.41) is 0. The minimum absolute atomic E-state index is 1.03. The van der Waals surface area contributed by atoms with Gasteiger partial charge >= 0.3 is 0 Å². The molecule has 0 spiro atoms. The molecule has 74 valence electrons. The third kappa shape index (κ3) is 6.69. The molecule has 0 aliphatic heterocycles. The van der Waals surface area contributed by atoms with Crippen molar-refractivity contribution in [3.8, 4) is 0 Å². The van der Waals surface area contributed by atoms with E-state index in [-0.39, 0.29) is 0 Å². The van der Waals surface area contributed by atoms with Crippen LogP contribution in [0.4, 0.5) is 0 Å². The van der Waals surface area contributed by atoms with Gasteiger partial charge in [0.2, 0.25) is 0 Å². The predicted octanol–water partition coefficient (Wildman–Crippen LogP) is 4.78. The molecule has 0 aliphatic carbocycles. The van der Waals surface area contributed by atoms with Crippen LogP contribution in [0.2, 0.25) is 0 Å². The van der Waals surface area contributed by atoms with Crippen LogP contribution < -0.4 is 0 Å². The molecule has 0 unspecified atom stereocenters. The maximum Gasteiger partial charge on any atom is -0.0414 e. The molecule has 0 atom stereocenters. The van der Waals surface area contributed by atoms with E-state index in [1.54, 1.807) is 0 Å². The van der Waals surface area contributed by atoms with Gasteiger partial charge in [-0.15, -0.1) is 0 Å². The third-order valence-electron chi connectivity index (χ3n) is 2.61. The summed E-state index contributed by atoms with van der Waals surface area (Å²) in [6.07, 6.45) is 11.4. The lowest BCUT2D eigenvalue weighted by Crippen LogP contribution is -1.99. The zero-order valence-electron chi connectivity index (χ0n) is 9.23. The zero-order valence-corrected chi connectivity index (χ0v) is 9.23. The lowest BCUT2D eigenvalue weighted by molar-refractivity contribution is 0.394. The molecule has 0 N–H and O–H groups in total. The van der Waals surface area contributed by atoms with Gasteiger partial charge in [-0.1, -0.05) is 72.1 Å². The van der Waals surface area contributed by atoms with Crippen molar-refractivity contribution in [3.63, 3.8) is 0 Å². The van der Waals surface area contributed by atoms with Crippen molar-refractivity contribution < 1.29 is 0 Å². The van der Waals surface area contributed by atoms with Gasteiger partial charge in [-0.25, -0.2) is 0 Å². The summed E-state index contributed by atoms with van der Waals surface area (Å²) >= 11 is 0. The fourth-order valence-corrected chi connectivity index (χ4v) is 1.93. The Morgan fingerprint density at radius 2 is 1.25 bits per heavy atom. The number of hydrogen-bond donors (Lipinski definition) is 0. The van der Waals surface area contributed by atoms with E-state index in [4.69, 9.17) is 0 Å². The SMILES string of the molecule is CCCCCC(CCC)CCC. The lowest BCUT2D eigenvalue weighted by Gasteiger charge is -2.14. The minimum atomic E-state index is 1.03. The Balaban J connectivity index is 3.34. The van der Waals surface area contributed by atoms with Gasteiger partial charge in [0.25, 0.3) is 0 Å². The van der Waals surface area contributed by atoms with E-state index in [1.165, 1.54) is 51.4 Å². The molecule has 0 amide bonds. The van der Waals surface area contributed by atoms with Gasteiger partial charge in [-0.2, -0.15) is 0 Å². The summed E-state index contributed by atoms with van der Waals surface area (Å²) in [5.74, 6) is 1.03. The van der Waals surface area contributed by atoms with E-state index in [2.05, 4.69) is 20.8 Å². The molecule has 0 aromatic rings. The first-order valence-corrected chi connectivity index (χ1v) is 5.85. The molecule has 0 saturated heterocycles. The monoisotopic (exact) mass is 170 g/mol. The Kier molecular flexibility index (Phi) is 9.09. The standard InChI is InChI=1S/C12H26/c1-4-7-8-11-12(9-5-2)10-6-3/h12H,4-11H2,1-3H3. The van der Waals surface area contributed by atoms with Gasteiger partial charge in [0.15, 0.2) is 0 Å². The highest BCUT2D eigenvalue weighted by atomic mass is 14.1. The summed E-state index contributed by atoms with van der Waals surface area (Å²) in [6.45, 7) is 6.90.